The summed E-state index contributed by atoms with van der Waals surface area (Å²) in [5.74, 6) is 0. The van der Waals surface area contributed by atoms with Crippen LogP contribution in [0.5, 0.6) is 0 Å². The highest BCUT2D eigenvalue weighted by Gasteiger charge is 2.25. The number of ether oxygens (including phenoxy) is 1. The summed E-state index contributed by atoms with van der Waals surface area (Å²) in [6.07, 6.45) is 1.58. The Morgan fingerprint density at radius 3 is 2.80 bits per heavy atom. The van der Waals surface area contributed by atoms with Gasteiger partial charge in [0.2, 0.25) is 0 Å². The van der Waals surface area contributed by atoms with E-state index in [2.05, 4.69) is 11.9 Å². The van der Waals surface area contributed by atoms with Crippen LogP contribution in [0.4, 0.5) is 4.79 Å². The minimum atomic E-state index is -0.425. The van der Waals surface area contributed by atoms with Crippen LogP contribution in [0.15, 0.2) is 12.7 Å². The molecule has 15 heavy (non-hydrogen) atoms. The highest BCUT2D eigenvalue weighted by atomic mass is 16.6. The summed E-state index contributed by atoms with van der Waals surface area (Å²) in [6, 6.07) is 0.172. The smallest absolute Gasteiger partial charge is 0.410 e. The van der Waals surface area contributed by atoms with Crippen molar-refractivity contribution >= 4 is 6.09 Å². The van der Waals surface area contributed by atoms with Crippen LogP contribution in [0.25, 0.3) is 0 Å². The Bertz CT molecular complexity index is 245. The molecule has 86 valence electrons. The van der Waals surface area contributed by atoms with E-state index in [4.69, 9.17) is 4.74 Å². The van der Waals surface area contributed by atoms with Crippen molar-refractivity contribution in [3.63, 3.8) is 0 Å². The van der Waals surface area contributed by atoms with Gasteiger partial charge in [0.05, 0.1) is 0 Å². The first-order valence-electron chi connectivity index (χ1n) is 5.26. The summed E-state index contributed by atoms with van der Waals surface area (Å²) in [5, 5.41) is 3.25. The number of amides is 1. The summed E-state index contributed by atoms with van der Waals surface area (Å²) in [4.78, 5) is 13.4. The van der Waals surface area contributed by atoms with E-state index >= 15 is 0 Å². The van der Waals surface area contributed by atoms with Gasteiger partial charge in [0.25, 0.3) is 0 Å². The average Bonchev–Trinajstić information content (AvgIpc) is 2.15. The first-order valence-corrected chi connectivity index (χ1v) is 5.26. The van der Waals surface area contributed by atoms with Crippen molar-refractivity contribution in [3.05, 3.63) is 12.7 Å². The average molecular weight is 212 g/mol. The number of nitrogens with one attached hydrogen (secondary N) is 1. The van der Waals surface area contributed by atoms with Crippen molar-refractivity contribution in [1.82, 2.24) is 10.2 Å². The number of nitrogens with zero attached hydrogens (tertiary/aromatic N) is 1. The molecule has 0 saturated carbocycles. The topological polar surface area (TPSA) is 41.6 Å². The normalized spacial score (nSPS) is 22.3. The molecule has 4 heteroatoms. The molecule has 1 unspecified atom stereocenters. The second kappa shape index (κ2) is 4.66. The van der Waals surface area contributed by atoms with Gasteiger partial charge < -0.3 is 15.0 Å². The van der Waals surface area contributed by atoms with Gasteiger partial charge in [0.1, 0.15) is 5.60 Å². The van der Waals surface area contributed by atoms with Crippen molar-refractivity contribution < 1.29 is 9.53 Å². The molecule has 1 heterocycles. The minimum absolute atomic E-state index is 0.172. The molecule has 0 aromatic carbocycles. The predicted molar refractivity (Wildman–Crippen MR) is 59.8 cm³/mol. The number of piperazine rings is 1. The zero-order chi connectivity index (χ0) is 11.5. The van der Waals surface area contributed by atoms with Gasteiger partial charge in [-0.25, -0.2) is 4.79 Å². The van der Waals surface area contributed by atoms with Gasteiger partial charge in [0, 0.05) is 25.7 Å². The summed E-state index contributed by atoms with van der Waals surface area (Å²) in [7, 11) is 0. The Labute approximate surface area is 91.3 Å². The molecule has 1 atom stereocenters. The molecule has 0 bridgehead atoms. The summed E-state index contributed by atoms with van der Waals surface area (Å²) in [6.45, 7) is 11.4. The Kier molecular flexibility index (Phi) is 3.74. The monoisotopic (exact) mass is 212 g/mol. The van der Waals surface area contributed by atoms with E-state index < -0.39 is 5.60 Å². The lowest BCUT2D eigenvalue weighted by atomic mass is 10.2. The van der Waals surface area contributed by atoms with Crippen molar-refractivity contribution in [1.29, 1.82) is 0 Å². The number of hydrogen-bond donors (Lipinski definition) is 1. The number of hydrogen-bond acceptors (Lipinski definition) is 3. The van der Waals surface area contributed by atoms with E-state index in [1.54, 1.807) is 4.90 Å². The van der Waals surface area contributed by atoms with Gasteiger partial charge in [-0.05, 0) is 20.8 Å². The molecule has 0 spiro atoms. The molecule has 1 N–H and O–H groups in total. The maximum atomic E-state index is 11.7. The third-order valence-corrected chi connectivity index (χ3v) is 2.14. The van der Waals surface area contributed by atoms with Crippen LogP contribution in [0.3, 0.4) is 0 Å². The molecular formula is C11H20N2O2. The lowest BCUT2D eigenvalue weighted by molar-refractivity contribution is 0.0210. The van der Waals surface area contributed by atoms with Crippen LogP contribution in [0, 0.1) is 0 Å². The molecule has 0 aliphatic carbocycles. The molecule has 1 aliphatic heterocycles. The Morgan fingerprint density at radius 2 is 2.27 bits per heavy atom. The molecule has 0 aromatic rings. The van der Waals surface area contributed by atoms with Crippen molar-refractivity contribution in [2.45, 2.75) is 32.4 Å². The highest BCUT2D eigenvalue weighted by molar-refractivity contribution is 5.68. The SMILES string of the molecule is C=CC1CN(C(=O)OC(C)(C)C)CCN1. The fourth-order valence-electron chi connectivity index (χ4n) is 1.43. The third kappa shape index (κ3) is 3.91. The van der Waals surface area contributed by atoms with Gasteiger partial charge in [-0.1, -0.05) is 6.08 Å². The number of carbonyl (C=O) groups excluding carboxylic acids is 1. The molecule has 1 rings (SSSR count). The van der Waals surface area contributed by atoms with Crippen molar-refractivity contribution in [3.8, 4) is 0 Å². The summed E-state index contributed by atoms with van der Waals surface area (Å²) >= 11 is 0. The quantitative estimate of drug-likeness (QED) is 0.668. The van der Waals surface area contributed by atoms with Gasteiger partial charge >= 0.3 is 6.09 Å². The standard InChI is InChI=1S/C11H20N2O2/c1-5-9-8-13(7-6-12-9)10(14)15-11(2,3)4/h5,9,12H,1,6-8H2,2-4H3. The van der Waals surface area contributed by atoms with Gasteiger partial charge in [0.15, 0.2) is 0 Å². The zero-order valence-electron chi connectivity index (χ0n) is 9.75. The van der Waals surface area contributed by atoms with Gasteiger partial charge in [-0.2, -0.15) is 0 Å². The highest BCUT2D eigenvalue weighted by Crippen LogP contribution is 2.11. The molecule has 1 fully saturated rings. The van der Waals surface area contributed by atoms with Crippen LogP contribution in [0.1, 0.15) is 20.8 Å². The van der Waals surface area contributed by atoms with Crippen LogP contribution in [-0.4, -0.2) is 42.3 Å². The Morgan fingerprint density at radius 1 is 1.60 bits per heavy atom. The zero-order valence-corrected chi connectivity index (χ0v) is 9.75. The first kappa shape index (κ1) is 12.0. The molecule has 1 aliphatic rings. The fourth-order valence-corrected chi connectivity index (χ4v) is 1.43. The predicted octanol–water partition coefficient (Wildman–Crippen LogP) is 1.38. The Hall–Kier alpha value is -1.03. The van der Waals surface area contributed by atoms with Crippen molar-refractivity contribution in [2.24, 2.45) is 0 Å². The molecule has 1 amide bonds. The molecule has 0 aromatic heterocycles. The number of carbonyl (C=O) groups is 1. The fraction of sp³-hybridized carbons (Fsp3) is 0.727. The third-order valence-electron chi connectivity index (χ3n) is 2.14. The lowest BCUT2D eigenvalue weighted by Crippen LogP contribution is -2.52. The van der Waals surface area contributed by atoms with E-state index in [0.29, 0.717) is 13.1 Å². The van der Waals surface area contributed by atoms with Crippen molar-refractivity contribution in [2.75, 3.05) is 19.6 Å². The minimum Gasteiger partial charge on any atom is -0.444 e. The molecular weight excluding hydrogens is 192 g/mol. The van der Waals surface area contributed by atoms with E-state index in [1.165, 1.54) is 0 Å². The summed E-state index contributed by atoms with van der Waals surface area (Å²) < 4.78 is 5.29. The number of rotatable bonds is 1. The van der Waals surface area contributed by atoms with Gasteiger partial charge in [-0.3, -0.25) is 0 Å². The van der Waals surface area contributed by atoms with E-state index in [9.17, 15) is 4.79 Å². The molecule has 1 saturated heterocycles. The lowest BCUT2D eigenvalue weighted by Gasteiger charge is -2.33. The largest absolute Gasteiger partial charge is 0.444 e. The second-order valence-electron chi connectivity index (χ2n) is 4.72. The van der Waals surface area contributed by atoms with Gasteiger partial charge in [-0.15, -0.1) is 6.58 Å². The molecule has 0 radical (unpaired) electrons. The van der Waals surface area contributed by atoms with Crippen LogP contribution in [-0.2, 0) is 4.74 Å². The van der Waals surface area contributed by atoms with E-state index in [0.717, 1.165) is 6.54 Å². The maximum Gasteiger partial charge on any atom is 0.410 e. The van der Waals surface area contributed by atoms with Crippen LogP contribution < -0.4 is 5.32 Å². The Balaban J connectivity index is 2.49. The molecule has 4 nitrogen and oxygen atoms in total. The maximum absolute atomic E-state index is 11.7. The van der Waals surface area contributed by atoms with E-state index in [1.807, 2.05) is 26.8 Å². The van der Waals surface area contributed by atoms with Crippen LogP contribution in [0.2, 0.25) is 0 Å². The van der Waals surface area contributed by atoms with E-state index in [-0.39, 0.29) is 12.1 Å². The first-order chi connectivity index (χ1) is 6.92. The summed E-state index contributed by atoms with van der Waals surface area (Å²) in [5.41, 5.74) is -0.425. The van der Waals surface area contributed by atoms with Crippen LogP contribution >= 0.6 is 0 Å². The second-order valence-corrected chi connectivity index (χ2v) is 4.72.